The Balaban J connectivity index is 1.16. The zero-order chi connectivity index (χ0) is 23.9. The molecule has 2 heterocycles. The van der Waals surface area contributed by atoms with Crippen LogP contribution in [-0.4, -0.2) is 49.1 Å². The molecule has 178 valence electrons. The first kappa shape index (κ1) is 23.2. The molecule has 0 radical (unpaired) electrons. The van der Waals surface area contributed by atoms with E-state index in [0.717, 1.165) is 44.4 Å². The van der Waals surface area contributed by atoms with Gasteiger partial charge >= 0.3 is 0 Å². The van der Waals surface area contributed by atoms with Gasteiger partial charge in [-0.2, -0.15) is 0 Å². The summed E-state index contributed by atoms with van der Waals surface area (Å²) >= 11 is 0. The van der Waals surface area contributed by atoms with Gasteiger partial charge in [-0.15, -0.1) is 0 Å². The van der Waals surface area contributed by atoms with Crippen molar-refractivity contribution in [1.29, 1.82) is 0 Å². The zero-order valence-electron chi connectivity index (χ0n) is 19.5. The smallest absolute Gasteiger partial charge is 0.220 e. The first-order chi connectivity index (χ1) is 16.6. The number of carbonyl (C=O) groups excluding carboxylic acids is 2. The van der Waals surface area contributed by atoms with Gasteiger partial charge in [-0.3, -0.25) is 9.59 Å². The third-order valence-electron chi connectivity index (χ3n) is 5.96. The van der Waals surface area contributed by atoms with E-state index in [4.69, 9.17) is 9.47 Å². The van der Waals surface area contributed by atoms with Gasteiger partial charge < -0.3 is 30.1 Å². The van der Waals surface area contributed by atoms with Crippen LogP contribution in [0.2, 0.25) is 0 Å². The molecule has 2 aromatic carbocycles. The summed E-state index contributed by atoms with van der Waals surface area (Å²) in [6.07, 6.45) is 5.62. The molecule has 2 aromatic heterocycles. The average Bonchev–Trinajstić information content (AvgIpc) is 3.46. The Morgan fingerprint density at radius 1 is 0.735 bits per heavy atom. The van der Waals surface area contributed by atoms with Gasteiger partial charge in [0.15, 0.2) is 0 Å². The van der Waals surface area contributed by atoms with Crippen molar-refractivity contribution in [2.45, 2.75) is 25.7 Å². The van der Waals surface area contributed by atoms with E-state index in [1.54, 1.807) is 14.2 Å². The highest BCUT2D eigenvalue weighted by molar-refractivity contribution is 5.86. The van der Waals surface area contributed by atoms with Crippen molar-refractivity contribution in [3.63, 3.8) is 0 Å². The van der Waals surface area contributed by atoms with E-state index < -0.39 is 0 Å². The first-order valence-electron chi connectivity index (χ1n) is 11.4. The van der Waals surface area contributed by atoms with Crippen LogP contribution in [0.1, 0.15) is 24.0 Å². The van der Waals surface area contributed by atoms with Crippen LogP contribution in [0.4, 0.5) is 0 Å². The number of aromatic amines is 2. The molecule has 0 atom stereocenters. The SMILES string of the molecule is COc1ccc2[nH]cc(CCNC(=O)CCC(=O)NCCc3c[nH]c4ccc(OC)cc34)c2c1. The number of fused-ring (bicyclic) bond motifs is 2. The van der Waals surface area contributed by atoms with E-state index >= 15 is 0 Å². The standard InChI is InChI=1S/C26H30N4O4/c1-33-19-3-5-23-21(13-19)17(15-29-23)9-11-27-25(31)7-8-26(32)28-12-10-18-16-30-24-6-4-20(34-2)14-22(18)24/h3-6,13-16,29-30H,7-12H2,1-2H3,(H,27,31)(H,28,32). The van der Waals surface area contributed by atoms with Crippen LogP contribution in [0.25, 0.3) is 21.8 Å². The number of nitrogens with one attached hydrogen (secondary N) is 4. The molecule has 8 nitrogen and oxygen atoms in total. The number of hydrogen-bond acceptors (Lipinski definition) is 4. The third kappa shape index (κ3) is 5.51. The maximum Gasteiger partial charge on any atom is 0.220 e. The molecule has 0 unspecified atom stereocenters. The Hall–Kier alpha value is -3.94. The summed E-state index contributed by atoms with van der Waals surface area (Å²) in [5.41, 5.74) is 4.29. The number of amides is 2. The van der Waals surface area contributed by atoms with Gasteiger partial charge in [0.2, 0.25) is 11.8 Å². The molecule has 34 heavy (non-hydrogen) atoms. The second-order valence-corrected chi connectivity index (χ2v) is 8.15. The molecular weight excluding hydrogens is 432 g/mol. The molecule has 2 amide bonds. The van der Waals surface area contributed by atoms with Crippen molar-refractivity contribution < 1.29 is 19.1 Å². The number of rotatable bonds is 11. The minimum absolute atomic E-state index is 0.128. The summed E-state index contributed by atoms with van der Waals surface area (Å²) in [6, 6.07) is 11.7. The van der Waals surface area contributed by atoms with Crippen molar-refractivity contribution in [2.24, 2.45) is 0 Å². The number of ether oxygens (including phenoxy) is 2. The van der Waals surface area contributed by atoms with Gasteiger partial charge in [0, 0.05) is 60.1 Å². The van der Waals surface area contributed by atoms with Crippen molar-refractivity contribution in [2.75, 3.05) is 27.3 Å². The molecule has 4 N–H and O–H groups in total. The minimum atomic E-state index is -0.128. The lowest BCUT2D eigenvalue weighted by atomic mass is 10.1. The van der Waals surface area contributed by atoms with Crippen LogP contribution >= 0.6 is 0 Å². The predicted octanol–water partition coefficient (Wildman–Crippen LogP) is 3.46. The molecule has 0 aliphatic rings. The monoisotopic (exact) mass is 462 g/mol. The lowest BCUT2D eigenvalue weighted by molar-refractivity contribution is -0.126. The number of carbonyl (C=O) groups is 2. The van der Waals surface area contributed by atoms with E-state index in [2.05, 4.69) is 20.6 Å². The van der Waals surface area contributed by atoms with Gasteiger partial charge in [-0.05, 0) is 60.4 Å². The van der Waals surface area contributed by atoms with E-state index in [1.165, 1.54) is 0 Å². The van der Waals surface area contributed by atoms with Gasteiger partial charge in [-0.1, -0.05) is 0 Å². The fourth-order valence-electron chi connectivity index (χ4n) is 4.06. The maximum absolute atomic E-state index is 12.2. The van der Waals surface area contributed by atoms with Crippen molar-refractivity contribution in [3.05, 3.63) is 59.9 Å². The highest BCUT2D eigenvalue weighted by atomic mass is 16.5. The summed E-state index contributed by atoms with van der Waals surface area (Å²) < 4.78 is 10.6. The number of methoxy groups -OCH3 is 2. The average molecular weight is 463 g/mol. The first-order valence-corrected chi connectivity index (χ1v) is 11.4. The van der Waals surface area contributed by atoms with Crippen LogP contribution in [0, 0.1) is 0 Å². The highest BCUT2D eigenvalue weighted by Crippen LogP contribution is 2.24. The van der Waals surface area contributed by atoms with Crippen LogP contribution in [0.5, 0.6) is 11.5 Å². The van der Waals surface area contributed by atoms with Crippen LogP contribution < -0.4 is 20.1 Å². The number of H-pyrrole nitrogens is 2. The molecule has 0 saturated carbocycles. The number of benzene rings is 2. The predicted molar refractivity (Wildman–Crippen MR) is 132 cm³/mol. The molecule has 0 aliphatic heterocycles. The van der Waals surface area contributed by atoms with E-state index in [9.17, 15) is 9.59 Å². The lowest BCUT2D eigenvalue weighted by Crippen LogP contribution is -2.29. The second-order valence-electron chi connectivity index (χ2n) is 8.15. The third-order valence-corrected chi connectivity index (χ3v) is 5.96. The molecule has 0 bridgehead atoms. The number of hydrogen-bond donors (Lipinski definition) is 4. The fraction of sp³-hybridized carbons (Fsp3) is 0.308. The van der Waals surface area contributed by atoms with Crippen LogP contribution in [0.3, 0.4) is 0 Å². The zero-order valence-corrected chi connectivity index (χ0v) is 19.5. The molecular formula is C26H30N4O4. The Kier molecular flexibility index (Phi) is 7.37. The summed E-state index contributed by atoms with van der Waals surface area (Å²) in [5.74, 6) is 1.34. The Labute approximate surface area is 198 Å². The Morgan fingerprint density at radius 2 is 1.18 bits per heavy atom. The normalized spacial score (nSPS) is 11.0. The van der Waals surface area contributed by atoms with Gasteiger partial charge in [-0.25, -0.2) is 0 Å². The quantitative estimate of drug-likeness (QED) is 0.274. The van der Waals surface area contributed by atoms with E-state index in [-0.39, 0.29) is 24.7 Å². The molecule has 0 fully saturated rings. The lowest BCUT2D eigenvalue weighted by Gasteiger charge is -2.07. The van der Waals surface area contributed by atoms with Crippen LogP contribution in [-0.2, 0) is 22.4 Å². The number of aromatic nitrogens is 2. The van der Waals surface area contributed by atoms with Gasteiger partial charge in [0.25, 0.3) is 0 Å². The molecule has 0 spiro atoms. The summed E-state index contributed by atoms with van der Waals surface area (Å²) in [4.78, 5) is 30.8. The molecule has 0 saturated heterocycles. The maximum atomic E-state index is 12.2. The van der Waals surface area contributed by atoms with Crippen molar-refractivity contribution in [1.82, 2.24) is 20.6 Å². The fourth-order valence-corrected chi connectivity index (χ4v) is 4.06. The van der Waals surface area contributed by atoms with Crippen LogP contribution in [0.15, 0.2) is 48.8 Å². The largest absolute Gasteiger partial charge is 0.497 e. The van der Waals surface area contributed by atoms with Gasteiger partial charge in [0.1, 0.15) is 11.5 Å². The molecule has 4 rings (SSSR count). The topological polar surface area (TPSA) is 108 Å². The van der Waals surface area contributed by atoms with Crippen molar-refractivity contribution in [3.8, 4) is 11.5 Å². The van der Waals surface area contributed by atoms with E-state index in [1.807, 2.05) is 48.8 Å². The summed E-state index contributed by atoms with van der Waals surface area (Å²) in [5, 5.41) is 7.97. The summed E-state index contributed by atoms with van der Waals surface area (Å²) in [6.45, 7) is 1.02. The van der Waals surface area contributed by atoms with Gasteiger partial charge in [0.05, 0.1) is 14.2 Å². The highest BCUT2D eigenvalue weighted by Gasteiger charge is 2.10. The molecule has 0 aliphatic carbocycles. The van der Waals surface area contributed by atoms with E-state index in [0.29, 0.717) is 25.9 Å². The molecule has 8 heteroatoms. The minimum Gasteiger partial charge on any atom is -0.497 e. The van der Waals surface area contributed by atoms with Crippen molar-refractivity contribution >= 4 is 33.6 Å². The molecule has 4 aromatic rings. The summed E-state index contributed by atoms with van der Waals surface area (Å²) in [7, 11) is 3.28. The Morgan fingerprint density at radius 3 is 1.59 bits per heavy atom. The second kappa shape index (κ2) is 10.8. The Bertz CT molecular complexity index is 1190.